The number of nitrogens with zero attached hydrogens (tertiary/aromatic N) is 1. The number of nitrogens with one attached hydrogen (secondary N) is 1. The Morgan fingerprint density at radius 1 is 1.07 bits per heavy atom. The SMILES string of the molecule is CCOc1ccc(C(=O)NCC(=O)N2CCOC(c3ccccc3)C2)cc1OCC. The largest absolute Gasteiger partial charge is 0.490 e. The van der Waals surface area contributed by atoms with E-state index in [1.807, 2.05) is 44.2 Å². The molecule has 0 aromatic heterocycles. The van der Waals surface area contributed by atoms with Crippen molar-refractivity contribution in [2.75, 3.05) is 39.5 Å². The number of benzene rings is 2. The third-order valence-electron chi connectivity index (χ3n) is 4.80. The van der Waals surface area contributed by atoms with Gasteiger partial charge in [0.1, 0.15) is 6.10 Å². The van der Waals surface area contributed by atoms with Crippen LogP contribution in [0.15, 0.2) is 48.5 Å². The molecule has 1 atom stereocenters. The summed E-state index contributed by atoms with van der Waals surface area (Å²) in [5.41, 5.74) is 1.45. The molecule has 3 rings (SSSR count). The van der Waals surface area contributed by atoms with E-state index in [4.69, 9.17) is 14.2 Å². The van der Waals surface area contributed by atoms with Crippen molar-refractivity contribution in [3.8, 4) is 11.5 Å². The zero-order chi connectivity index (χ0) is 21.3. The summed E-state index contributed by atoms with van der Waals surface area (Å²) in [4.78, 5) is 26.9. The Balaban J connectivity index is 1.57. The lowest BCUT2D eigenvalue weighted by Gasteiger charge is -2.33. The summed E-state index contributed by atoms with van der Waals surface area (Å²) in [5, 5.41) is 2.70. The molecule has 0 bridgehead atoms. The van der Waals surface area contributed by atoms with Crippen molar-refractivity contribution in [1.29, 1.82) is 0 Å². The van der Waals surface area contributed by atoms with E-state index in [9.17, 15) is 9.59 Å². The van der Waals surface area contributed by atoms with Crippen molar-refractivity contribution in [3.63, 3.8) is 0 Å². The molecule has 1 saturated heterocycles. The summed E-state index contributed by atoms with van der Waals surface area (Å²) >= 11 is 0. The van der Waals surface area contributed by atoms with Gasteiger partial charge in [0.15, 0.2) is 11.5 Å². The summed E-state index contributed by atoms with van der Waals surface area (Å²) in [6.07, 6.45) is -0.153. The topological polar surface area (TPSA) is 77.1 Å². The lowest BCUT2D eigenvalue weighted by atomic mass is 10.1. The van der Waals surface area contributed by atoms with Crippen LogP contribution in [0, 0.1) is 0 Å². The van der Waals surface area contributed by atoms with Crippen LogP contribution in [-0.4, -0.2) is 56.2 Å². The molecule has 0 spiro atoms. The number of carbonyl (C=O) groups excluding carboxylic acids is 2. The Labute approximate surface area is 176 Å². The fourth-order valence-corrected chi connectivity index (χ4v) is 3.31. The van der Waals surface area contributed by atoms with Gasteiger partial charge in [-0.25, -0.2) is 0 Å². The minimum absolute atomic E-state index is 0.0719. The van der Waals surface area contributed by atoms with Gasteiger partial charge in [-0.3, -0.25) is 9.59 Å². The number of hydrogen-bond donors (Lipinski definition) is 1. The highest BCUT2D eigenvalue weighted by atomic mass is 16.5. The van der Waals surface area contributed by atoms with Gasteiger partial charge in [-0.1, -0.05) is 30.3 Å². The lowest BCUT2D eigenvalue weighted by Crippen LogP contribution is -2.46. The molecule has 1 fully saturated rings. The molecule has 1 aliphatic rings. The first-order chi connectivity index (χ1) is 14.6. The van der Waals surface area contributed by atoms with Crippen LogP contribution in [0.3, 0.4) is 0 Å². The van der Waals surface area contributed by atoms with Crippen LogP contribution < -0.4 is 14.8 Å². The van der Waals surface area contributed by atoms with E-state index in [1.165, 1.54) is 0 Å². The highest BCUT2D eigenvalue weighted by molar-refractivity contribution is 5.97. The van der Waals surface area contributed by atoms with Crippen LogP contribution in [0.4, 0.5) is 0 Å². The molecule has 2 amide bonds. The van der Waals surface area contributed by atoms with Crippen LogP contribution >= 0.6 is 0 Å². The Kier molecular flexibility index (Phi) is 7.68. The first kappa shape index (κ1) is 21.6. The molecule has 160 valence electrons. The Morgan fingerprint density at radius 3 is 2.53 bits per heavy atom. The average molecular weight is 412 g/mol. The summed E-state index contributed by atoms with van der Waals surface area (Å²) in [7, 11) is 0. The van der Waals surface area contributed by atoms with Gasteiger partial charge in [-0.05, 0) is 37.6 Å². The maximum absolute atomic E-state index is 12.6. The molecule has 0 aliphatic carbocycles. The van der Waals surface area contributed by atoms with E-state index in [0.29, 0.717) is 50.0 Å². The fraction of sp³-hybridized carbons (Fsp3) is 0.391. The van der Waals surface area contributed by atoms with Crippen molar-refractivity contribution in [2.45, 2.75) is 20.0 Å². The van der Waals surface area contributed by atoms with E-state index < -0.39 is 0 Å². The zero-order valence-corrected chi connectivity index (χ0v) is 17.4. The second kappa shape index (κ2) is 10.6. The van der Waals surface area contributed by atoms with Crippen LogP contribution in [0.1, 0.15) is 35.9 Å². The third-order valence-corrected chi connectivity index (χ3v) is 4.80. The second-order valence-electron chi connectivity index (χ2n) is 6.82. The Hall–Kier alpha value is -3.06. The van der Waals surface area contributed by atoms with Crippen molar-refractivity contribution < 1.29 is 23.8 Å². The maximum Gasteiger partial charge on any atom is 0.251 e. The van der Waals surface area contributed by atoms with Crippen molar-refractivity contribution in [1.82, 2.24) is 10.2 Å². The minimum Gasteiger partial charge on any atom is -0.490 e. The summed E-state index contributed by atoms with van der Waals surface area (Å²) in [6.45, 7) is 6.09. The molecular weight excluding hydrogens is 384 g/mol. The van der Waals surface area contributed by atoms with Crippen LogP contribution in [0.5, 0.6) is 11.5 Å². The van der Waals surface area contributed by atoms with Crippen LogP contribution in [0.25, 0.3) is 0 Å². The number of hydrogen-bond acceptors (Lipinski definition) is 5. The number of morpholine rings is 1. The first-order valence-corrected chi connectivity index (χ1v) is 10.2. The summed E-state index contributed by atoms with van der Waals surface area (Å²) in [6, 6.07) is 14.8. The van der Waals surface area contributed by atoms with Crippen molar-refractivity contribution in [3.05, 3.63) is 59.7 Å². The predicted octanol–water partition coefficient (Wildman–Crippen LogP) is 2.81. The molecule has 0 saturated carbocycles. The van der Waals surface area contributed by atoms with Gasteiger partial charge in [0.05, 0.1) is 32.9 Å². The molecule has 2 aromatic rings. The highest BCUT2D eigenvalue weighted by Gasteiger charge is 2.25. The summed E-state index contributed by atoms with van der Waals surface area (Å²) in [5.74, 6) is 0.633. The molecular formula is C23H28N2O5. The molecule has 0 radical (unpaired) electrons. The molecule has 7 heteroatoms. The van der Waals surface area contributed by atoms with E-state index in [2.05, 4.69) is 5.32 Å². The van der Waals surface area contributed by atoms with Crippen LogP contribution in [-0.2, 0) is 9.53 Å². The van der Waals surface area contributed by atoms with Gasteiger partial charge in [0, 0.05) is 12.1 Å². The molecule has 7 nitrogen and oxygen atoms in total. The van der Waals surface area contributed by atoms with E-state index in [-0.39, 0.29) is 24.5 Å². The van der Waals surface area contributed by atoms with Gasteiger partial charge >= 0.3 is 0 Å². The second-order valence-corrected chi connectivity index (χ2v) is 6.82. The van der Waals surface area contributed by atoms with Gasteiger partial charge in [0.2, 0.25) is 5.91 Å². The molecule has 1 heterocycles. The summed E-state index contributed by atoms with van der Waals surface area (Å²) < 4.78 is 16.9. The molecule has 1 N–H and O–H groups in total. The smallest absolute Gasteiger partial charge is 0.251 e. The van der Waals surface area contributed by atoms with Gasteiger partial charge < -0.3 is 24.4 Å². The predicted molar refractivity (Wildman–Crippen MR) is 113 cm³/mol. The minimum atomic E-state index is -0.333. The fourth-order valence-electron chi connectivity index (χ4n) is 3.31. The zero-order valence-electron chi connectivity index (χ0n) is 17.4. The van der Waals surface area contributed by atoms with Crippen molar-refractivity contribution >= 4 is 11.8 Å². The molecule has 30 heavy (non-hydrogen) atoms. The van der Waals surface area contributed by atoms with Crippen molar-refractivity contribution in [2.24, 2.45) is 0 Å². The van der Waals surface area contributed by atoms with Gasteiger partial charge in [0.25, 0.3) is 5.91 Å². The normalized spacial score (nSPS) is 16.1. The first-order valence-electron chi connectivity index (χ1n) is 10.2. The number of ether oxygens (including phenoxy) is 3. The Bertz CT molecular complexity index is 856. The average Bonchev–Trinajstić information content (AvgIpc) is 2.79. The lowest BCUT2D eigenvalue weighted by molar-refractivity contribution is -0.137. The quantitative estimate of drug-likeness (QED) is 0.722. The number of amides is 2. The van der Waals surface area contributed by atoms with Crippen LogP contribution in [0.2, 0.25) is 0 Å². The molecule has 1 unspecified atom stereocenters. The third kappa shape index (κ3) is 5.51. The van der Waals surface area contributed by atoms with E-state index in [0.717, 1.165) is 5.56 Å². The van der Waals surface area contributed by atoms with E-state index >= 15 is 0 Å². The van der Waals surface area contributed by atoms with Gasteiger partial charge in [-0.15, -0.1) is 0 Å². The number of rotatable bonds is 8. The Morgan fingerprint density at radius 2 is 1.80 bits per heavy atom. The highest BCUT2D eigenvalue weighted by Crippen LogP contribution is 2.28. The van der Waals surface area contributed by atoms with Gasteiger partial charge in [-0.2, -0.15) is 0 Å². The molecule has 1 aliphatic heterocycles. The van der Waals surface area contributed by atoms with E-state index in [1.54, 1.807) is 23.1 Å². The standard InChI is InChI=1S/C23H28N2O5/c1-3-28-19-11-10-18(14-20(19)29-4-2)23(27)24-15-22(26)25-12-13-30-21(16-25)17-8-6-5-7-9-17/h5-11,14,21H,3-4,12-13,15-16H2,1-2H3,(H,24,27). The maximum atomic E-state index is 12.6. The molecule has 2 aromatic carbocycles. The monoisotopic (exact) mass is 412 g/mol. The number of carbonyl (C=O) groups is 2.